The quantitative estimate of drug-likeness (QED) is 0.572. The first kappa shape index (κ1) is 23.2. The molecule has 2 N–H and O–H groups in total. The summed E-state index contributed by atoms with van der Waals surface area (Å²) in [7, 11) is 0. The zero-order chi connectivity index (χ0) is 22.5. The first-order valence-corrected chi connectivity index (χ1v) is 13.0. The maximum Gasteiger partial charge on any atom is 0.117 e. The molecule has 33 heavy (non-hydrogen) atoms. The molecule has 0 saturated carbocycles. The summed E-state index contributed by atoms with van der Waals surface area (Å²) < 4.78 is 11.5. The molecule has 1 aromatic heterocycles. The number of allylic oxidation sites excluding steroid dienone is 2. The van der Waals surface area contributed by atoms with Crippen molar-refractivity contribution in [3.63, 3.8) is 0 Å². The second-order valence-corrected chi connectivity index (χ2v) is 10.1. The third-order valence-electron chi connectivity index (χ3n) is 7.45. The number of halogens is 1. The highest BCUT2D eigenvalue weighted by Gasteiger charge is 2.30. The molecule has 0 amide bonds. The summed E-state index contributed by atoms with van der Waals surface area (Å²) in [6.45, 7) is 8.06. The van der Waals surface area contributed by atoms with Crippen LogP contribution in [0.5, 0.6) is 0 Å². The van der Waals surface area contributed by atoms with Crippen LogP contribution in [-0.2, 0) is 11.3 Å². The van der Waals surface area contributed by atoms with Gasteiger partial charge in [0.25, 0.3) is 0 Å². The van der Waals surface area contributed by atoms with Crippen LogP contribution in [0.3, 0.4) is 0 Å². The van der Waals surface area contributed by atoms with Gasteiger partial charge in [-0.05, 0) is 68.8 Å². The van der Waals surface area contributed by atoms with Gasteiger partial charge in [0.15, 0.2) is 0 Å². The molecule has 0 radical (unpaired) electrons. The second kappa shape index (κ2) is 11.2. The molecule has 1 aliphatic carbocycles. The van der Waals surface area contributed by atoms with Gasteiger partial charge in [0.1, 0.15) is 11.5 Å². The normalized spacial score (nSPS) is 26.5. The molecular weight excluding hydrogens is 436 g/mol. The topological polar surface area (TPSA) is 52.9 Å². The van der Waals surface area contributed by atoms with Crippen molar-refractivity contribution in [3.8, 4) is 0 Å². The highest BCUT2D eigenvalue weighted by Crippen LogP contribution is 2.28. The molecule has 2 atom stereocenters. The number of nitrogens with one attached hydrogen (secondary N) is 2. The van der Waals surface area contributed by atoms with Gasteiger partial charge in [0.2, 0.25) is 0 Å². The van der Waals surface area contributed by atoms with E-state index >= 15 is 0 Å². The van der Waals surface area contributed by atoms with Crippen LogP contribution in [-0.4, -0.2) is 73.8 Å². The first-order chi connectivity index (χ1) is 16.2. The molecule has 3 aliphatic heterocycles. The minimum Gasteiger partial charge on any atom is -0.497 e. The van der Waals surface area contributed by atoms with Crippen molar-refractivity contribution in [2.45, 2.75) is 56.8 Å². The molecule has 6 nitrogen and oxygen atoms in total. The third-order valence-corrected chi connectivity index (χ3v) is 7.73. The standard InChI is InChI=1S/C26H37ClN4O2/c27-20-5-6-24-25(7-10-28-26(24)17-20)29-11-14-30-12-8-21(9-13-30)31(18-22-3-1-15-32-22)19-23-4-2-16-33-23/h1,3-6,15,21,25-26,28-29H,2,7-14,16-19H2. The Morgan fingerprint density at radius 3 is 2.88 bits per heavy atom. The minimum atomic E-state index is 0.406. The lowest BCUT2D eigenvalue weighted by Crippen LogP contribution is -2.51. The Labute approximate surface area is 202 Å². The minimum absolute atomic E-state index is 0.406. The van der Waals surface area contributed by atoms with Crippen molar-refractivity contribution in [1.82, 2.24) is 20.4 Å². The van der Waals surface area contributed by atoms with Crippen LogP contribution in [0.1, 0.15) is 37.9 Å². The number of rotatable bonds is 9. The molecule has 4 heterocycles. The van der Waals surface area contributed by atoms with Gasteiger partial charge in [-0.15, -0.1) is 0 Å². The molecule has 7 heteroatoms. The molecule has 4 aliphatic rings. The highest BCUT2D eigenvalue weighted by molar-refractivity contribution is 6.29. The summed E-state index contributed by atoms with van der Waals surface area (Å²) in [4.78, 5) is 5.17. The van der Waals surface area contributed by atoms with Crippen molar-refractivity contribution in [1.29, 1.82) is 0 Å². The van der Waals surface area contributed by atoms with E-state index in [-0.39, 0.29) is 0 Å². The fourth-order valence-corrected chi connectivity index (χ4v) is 5.84. The van der Waals surface area contributed by atoms with E-state index in [4.69, 9.17) is 20.8 Å². The van der Waals surface area contributed by atoms with Gasteiger partial charge in [0, 0.05) is 49.1 Å². The number of hydrogen-bond donors (Lipinski definition) is 2. The molecule has 5 rings (SSSR count). The van der Waals surface area contributed by atoms with Crippen molar-refractivity contribution >= 4 is 11.6 Å². The molecule has 0 bridgehead atoms. The zero-order valence-corrected chi connectivity index (χ0v) is 20.2. The Morgan fingerprint density at radius 2 is 2.09 bits per heavy atom. The van der Waals surface area contributed by atoms with Gasteiger partial charge in [0.05, 0.1) is 26.0 Å². The monoisotopic (exact) mass is 472 g/mol. The fraction of sp³-hybridized carbons (Fsp3) is 0.615. The van der Waals surface area contributed by atoms with Crippen LogP contribution >= 0.6 is 11.6 Å². The van der Waals surface area contributed by atoms with Crippen LogP contribution in [0.2, 0.25) is 0 Å². The number of nitrogens with zero attached hydrogens (tertiary/aromatic N) is 2. The average molecular weight is 473 g/mol. The van der Waals surface area contributed by atoms with Gasteiger partial charge < -0.3 is 24.7 Å². The number of hydrogen-bond acceptors (Lipinski definition) is 6. The largest absolute Gasteiger partial charge is 0.497 e. The molecule has 2 fully saturated rings. The summed E-state index contributed by atoms with van der Waals surface area (Å²) in [5.41, 5.74) is 1.47. The van der Waals surface area contributed by atoms with E-state index in [1.54, 1.807) is 6.26 Å². The van der Waals surface area contributed by atoms with Gasteiger partial charge in [-0.3, -0.25) is 4.90 Å². The summed E-state index contributed by atoms with van der Waals surface area (Å²) in [5.74, 6) is 2.16. The maximum absolute atomic E-state index is 6.24. The Kier molecular flexibility index (Phi) is 7.89. The van der Waals surface area contributed by atoms with E-state index in [1.807, 2.05) is 6.07 Å². The van der Waals surface area contributed by atoms with Gasteiger partial charge in [-0.2, -0.15) is 0 Å². The number of piperidine rings is 2. The lowest BCUT2D eigenvalue weighted by molar-refractivity contribution is 0.0885. The van der Waals surface area contributed by atoms with Crippen LogP contribution in [0, 0.1) is 0 Å². The highest BCUT2D eigenvalue weighted by atomic mass is 35.5. The molecule has 0 spiro atoms. The van der Waals surface area contributed by atoms with Gasteiger partial charge in [-0.25, -0.2) is 0 Å². The van der Waals surface area contributed by atoms with E-state index in [9.17, 15) is 0 Å². The van der Waals surface area contributed by atoms with E-state index in [1.165, 1.54) is 18.4 Å². The number of furan rings is 1. The summed E-state index contributed by atoms with van der Waals surface area (Å²) in [6, 6.07) is 5.50. The Balaban J connectivity index is 1.09. The lowest BCUT2D eigenvalue weighted by Gasteiger charge is -2.39. The second-order valence-electron chi connectivity index (χ2n) is 9.65. The predicted molar refractivity (Wildman–Crippen MR) is 132 cm³/mol. The first-order valence-electron chi connectivity index (χ1n) is 12.6. The molecule has 180 valence electrons. The van der Waals surface area contributed by atoms with Crippen LogP contribution in [0.15, 0.2) is 57.4 Å². The van der Waals surface area contributed by atoms with Crippen LogP contribution in [0.4, 0.5) is 0 Å². The summed E-state index contributed by atoms with van der Waals surface area (Å²) in [6.07, 6.45) is 13.8. The van der Waals surface area contributed by atoms with Crippen LogP contribution < -0.4 is 10.6 Å². The number of ether oxygens (including phenoxy) is 1. The van der Waals surface area contributed by atoms with E-state index in [2.05, 4.69) is 44.7 Å². The van der Waals surface area contributed by atoms with E-state index in [0.717, 1.165) is 88.2 Å². The average Bonchev–Trinajstić information content (AvgIpc) is 3.54. The lowest BCUT2D eigenvalue weighted by atomic mass is 9.87. The van der Waals surface area contributed by atoms with Crippen molar-refractivity contribution in [2.75, 3.05) is 45.9 Å². The smallest absolute Gasteiger partial charge is 0.117 e. The Hall–Kier alpha value is -1.57. The fourth-order valence-electron chi connectivity index (χ4n) is 5.62. The van der Waals surface area contributed by atoms with Crippen molar-refractivity contribution in [2.24, 2.45) is 0 Å². The number of fused-ring (bicyclic) bond motifs is 1. The van der Waals surface area contributed by atoms with Crippen LogP contribution in [0.25, 0.3) is 0 Å². The molecular formula is C26H37ClN4O2. The molecule has 2 saturated heterocycles. The Bertz CT molecular complexity index is 858. The zero-order valence-electron chi connectivity index (χ0n) is 19.5. The molecule has 1 aromatic rings. The summed E-state index contributed by atoms with van der Waals surface area (Å²) in [5, 5.41) is 8.39. The number of likely N-dealkylation sites (tertiary alicyclic amines) is 1. The van der Waals surface area contributed by atoms with E-state index in [0.29, 0.717) is 18.1 Å². The van der Waals surface area contributed by atoms with Crippen molar-refractivity contribution < 1.29 is 9.15 Å². The molecule has 0 aromatic carbocycles. The maximum atomic E-state index is 6.24. The van der Waals surface area contributed by atoms with E-state index < -0.39 is 0 Å². The van der Waals surface area contributed by atoms with Crippen molar-refractivity contribution in [3.05, 3.63) is 58.7 Å². The summed E-state index contributed by atoms with van der Waals surface area (Å²) >= 11 is 6.24. The molecule has 2 unspecified atom stereocenters. The SMILES string of the molecule is ClC1=CC=C2C(NCCN3CCC(N(CC4=CCCO4)Cc4ccco4)CC3)CCNC2C1. The van der Waals surface area contributed by atoms with Gasteiger partial charge >= 0.3 is 0 Å². The third kappa shape index (κ3) is 6.11. The van der Waals surface area contributed by atoms with Gasteiger partial charge in [-0.1, -0.05) is 17.7 Å². The predicted octanol–water partition coefficient (Wildman–Crippen LogP) is 3.62. The Morgan fingerprint density at radius 1 is 1.18 bits per heavy atom.